The van der Waals surface area contributed by atoms with Crippen LogP contribution in [0.1, 0.15) is 5.56 Å². The lowest BCUT2D eigenvalue weighted by Gasteiger charge is -2.27. The van der Waals surface area contributed by atoms with Gasteiger partial charge >= 0.3 is 6.18 Å². The van der Waals surface area contributed by atoms with Crippen molar-refractivity contribution in [2.24, 2.45) is 0 Å². The van der Waals surface area contributed by atoms with Crippen LogP contribution in [0, 0.1) is 0 Å². The van der Waals surface area contributed by atoms with E-state index in [4.69, 9.17) is 0 Å². The molecule has 0 atom stereocenters. The van der Waals surface area contributed by atoms with Crippen molar-refractivity contribution in [3.8, 4) is 0 Å². The Morgan fingerprint density at radius 1 is 1.26 bits per heavy atom. The summed E-state index contributed by atoms with van der Waals surface area (Å²) in [7, 11) is 0. The van der Waals surface area contributed by atoms with Crippen molar-refractivity contribution in [2.45, 2.75) is 6.18 Å². The summed E-state index contributed by atoms with van der Waals surface area (Å²) in [4.78, 5) is 23.8. The molecule has 0 unspecified atom stereocenters. The highest BCUT2D eigenvalue weighted by Crippen LogP contribution is 2.37. The molecule has 1 aliphatic rings. The van der Waals surface area contributed by atoms with Gasteiger partial charge in [-0.3, -0.25) is 9.59 Å². The summed E-state index contributed by atoms with van der Waals surface area (Å²) < 4.78 is 38.2. The van der Waals surface area contributed by atoms with Crippen LogP contribution in [-0.2, 0) is 15.8 Å². The van der Waals surface area contributed by atoms with E-state index in [-0.39, 0.29) is 23.2 Å². The highest BCUT2D eigenvalue weighted by atomic mass is 79.9. The second-order valence-corrected chi connectivity index (χ2v) is 4.77. The van der Waals surface area contributed by atoms with Gasteiger partial charge in [0.1, 0.15) is 6.54 Å². The molecule has 1 N–H and O–H groups in total. The molecule has 8 heteroatoms. The Labute approximate surface area is 114 Å². The van der Waals surface area contributed by atoms with Gasteiger partial charge in [0.15, 0.2) is 0 Å². The van der Waals surface area contributed by atoms with Crippen molar-refractivity contribution < 1.29 is 22.8 Å². The zero-order valence-corrected chi connectivity index (χ0v) is 11.0. The molecular formula is C11H8BrF3N2O2. The van der Waals surface area contributed by atoms with Gasteiger partial charge in [-0.1, -0.05) is 15.9 Å². The SMILES string of the molecule is O=C1CN(c2ccc(Br)c(C(F)(F)F)c2)C(=O)CN1. The molecule has 19 heavy (non-hydrogen) atoms. The lowest BCUT2D eigenvalue weighted by molar-refractivity contribution is -0.138. The maximum atomic E-state index is 12.8. The van der Waals surface area contributed by atoms with Gasteiger partial charge in [-0.2, -0.15) is 13.2 Å². The maximum absolute atomic E-state index is 12.8. The van der Waals surface area contributed by atoms with Crippen LogP contribution in [0.25, 0.3) is 0 Å². The van der Waals surface area contributed by atoms with Gasteiger partial charge in [0.05, 0.1) is 12.1 Å². The number of carbonyl (C=O) groups excluding carboxylic acids is 2. The van der Waals surface area contributed by atoms with Crippen LogP contribution in [0.3, 0.4) is 0 Å². The van der Waals surface area contributed by atoms with Crippen LogP contribution >= 0.6 is 15.9 Å². The predicted molar refractivity (Wildman–Crippen MR) is 64.5 cm³/mol. The number of piperazine rings is 1. The molecule has 4 nitrogen and oxygen atoms in total. The smallest absolute Gasteiger partial charge is 0.345 e. The normalized spacial score (nSPS) is 16.5. The molecule has 1 fully saturated rings. The third kappa shape index (κ3) is 2.89. The number of nitrogens with one attached hydrogen (secondary N) is 1. The maximum Gasteiger partial charge on any atom is 0.417 e. The van der Waals surface area contributed by atoms with E-state index in [1.165, 1.54) is 12.1 Å². The first-order valence-electron chi connectivity index (χ1n) is 5.23. The molecule has 1 aromatic rings. The number of amides is 2. The lowest BCUT2D eigenvalue weighted by atomic mass is 10.1. The van der Waals surface area contributed by atoms with Gasteiger partial charge in [0, 0.05) is 10.2 Å². The van der Waals surface area contributed by atoms with E-state index in [0.29, 0.717) is 0 Å². The Hall–Kier alpha value is -1.57. The van der Waals surface area contributed by atoms with Crippen LogP contribution < -0.4 is 10.2 Å². The number of nitrogens with zero attached hydrogens (tertiary/aromatic N) is 1. The molecule has 1 saturated heterocycles. The largest absolute Gasteiger partial charge is 0.417 e. The van der Waals surface area contributed by atoms with E-state index in [1.54, 1.807) is 0 Å². The van der Waals surface area contributed by atoms with Crippen LogP contribution in [0.15, 0.2) is 22.7 Å². The first-order valence-corrected chi connectivity index (χ1v) is 6.02. The molecule has 0 aromatic heterocycles. The fourth-order valence-corrected chi connectivity index (χ4v) is 2.16. The zero-order valence-electron chi connectivity index (χ0n) is 9.42. The van der Waals surface area contributed by atoms with Gasteiger partial charge in [-0.25, -0.2) is 0 Å². The Bertz CT molecular complexity index is 545. The average molecular weight is 337 g/mol. The number of anilines is 1. The van der Waals surface area contributed by atoms with E-state index in [0.717, 1.165) is 11.0 Å². The van der Waals surface area contributed by atoms with E-state index in [9.17, 15) is 22.8 Å². The Kier molecular flexibility index (Phi) is 3.53. The third-order valence-electron chi connectivity index (χ3n) is 2.61. The Balaban J connectivity index is 2.40. The average Bonchev–Trinajstić information content (AvgIpc) is 2.31. The van der Waals surface area contributed by atoms with Crippen molar-refractivity contribution >= 4 is 33.4 Å². The lowest BCUT2D eigenvalue weighted by Crippen LogP contribution is -2.51. The topological polar surface area (TPSA) is 49.4 Å². The standard InChI is InChI=1S/C11H8BrF3N2O2/c12-8-2-1-6(3-7(8)11(13,14)15)17-5-9(18)16-4-10(17)19/h1-3H,4-5H2,(H,16,18). The monoisotopic (exact) mass is 336 g/mol. The van der Waals surface area contributed by atoms with Crippen molar-refractivity contribution in [3.05, 3.63) is 28.2 Å². The highest BCUT2D eigenvalue weighted by molar-refractivity contribution is 9.10. The second-order valence-electron chi connectivity index (χ2n) is 3.92. The van der Waals surface area contributed by atoms with E-state index in [1.807, 2.05) is 0 Å². The number of hydrogen-bond acceptors (Lipinski definition) is 2. The summed E-state index contributed by atoms with van der Waals surface area (Å²) in [6.45, 7) is -0.492. The number of hydrogen-bond donors (Lipinski definition) is 1. The number of carbonyl (C=O) groups is 2. The summed E-state index contributed by atoms with van der Waals surface area (Å²) in [5, 5.41) is 2.33. The third-order valence-corrected chi connectivity index (χ3v) is 3.30. The minimum Gasteiger partial charge on any atom is -0.345 e. The predicted octanol–water partition coefficient (Wildman–Crippen LogP) is 1.93. The van der Waals surface area contributed by atoms with Gasteiger partial charge in [0.2, 0.25) is 11.8 Å². The van der Waals surface area contributed by atoms with E-state index in [2.05, 4.69) is 21.2 Å². The molecule has 0 aliphatic carbocycles. The highest BCUT2D eigenvalue weighted by Gasteiger charge is 2.34. The molecule has 1 aliphatic heterocycles. The Morgan fingerprint density at radius 2 is 1.95 bits per heavy atom. The van der Waals surface area contributed by atoms with Crippen molar-refractivity contribution in [2.75, 3.05) is 18.0 Å². The molecule has 0 spiro atoms. The first-order chi connectivity index (χ1) is 8.79. The molecule has 102 valence electrons. The number of alkyl halides is 3. The zero-order chi connectivity index (χ0) is 14.2. The molecule has 0 radical (unpaired) electrons. The van der Waals surface area contributed by atoms with Crippen LogP contribution in [0.5, 0.6) is 0 Å². The minimum absolute atomic E-state index is 0.0513. The molecule has 2 amide bonds. The minimum atomic E-state index is -4.53. The van der Waals surface area contributed by atoms with Crippen molar-refractivity contribution in [1.29, 1.82) is 0 Å². The van der Waals surface area contributed by atoms with Crippen LogP contribution in [0.4, 0.5) is 18.9 Å². The van der Waals surface area contributed by atoms with Gasteiger partial charge in [-0.05, 0) is 18.2 Å². The quantitative estimate of drug-likeness (QED) is 0.851. The summed E-state index contributed by atoms with van der Waals surface area (Å²) in [5.74, 6) is -0.855. The van der Waals surface area contributed by atoms with E-state index < -0.39 is 23.6 Å². The van der Waals surface area contributed by atoms with Gasteiger partial charge in [0.25, 0.3) is 0 Å². The molecule has 0 bridgehead atoms. The van der Waals surface area contributed by atoms with E-state index >= 15 is 0 Å². The molecule has 1 aromatic carbocycles. The fourth-order valence-electron chi connectivity index (χ4n) is 1.69. The molecule has 2 rings (SSSR count). The van der Waals surface area contributed by atoms with Crippen molar-refractivity contribution in [3.63, 3.8) is 0 Å². The number of rotatable bonds is 1. The summed E-state index contributed by atoms with van der Waals surface area (Å²) in [6, 6.07) is 3.41. The van der Waals surface area contributed by atoms with Crippen LogP contribution in [0.2, 0.25) is 0 Å². The van der Waals surface area contributed by atoms with Crippen molar-refractivity contribution in [1.82, 2.24) is 5.32 Å². The Morgan fingerprint density at radius 3 is 2.58 bits per heavy atom. The van der Waals surface area contributed by atoms with Gasteiger partial charge < -0.3 is 10.2 Å². The first kappa shape index (κ1) is 13.9. The molecular weight excluding hydrogens is 329 g/mol. The second kappa shape index (κ2) is 4.84. The van der Waals surface area contributed by atoms with Crippen LogP contribution in [-0.4, -0.2) is 24.9 Å². The number of halogens is 4. The molecule has 1 heterocycles. The summed E-state index contributed by atoms with van der Waals surface area (Å²) in [5.41, 5.74) is -0.834. The number of benzene rings is 1. The molecule has 0 saturated carbocycles. The summed E-state index contributed by atoms with van der Waals surface area (Å²) in [6.07, 6.45) is -4.53. The summed E-state index contributed by atoms with van der Waals surface area (Å²) >= 11 is 2.81. The fraction of sp³-hybridized carbons (Fsp3) is 0.273. The van der Waals surface area contributed by atoms with Gasteiger partial charge in [-0.15, -0.1) is 0 Å².